The number of carboxylic acids is 1. The fourth-order valence-corrected chi connectivity index (χ4v) is 2.23. The second-order valence-electron chi connectivity index (χ2n) is 4.14. The highest BCUT2D eigenvalue weighted by atomic mass is 19.1. The highest BCUT2D eigenvalue weighted by Gasteiger charge is 2.21. The van der Waals surface area contributed by atoms with Gasteiger partial charge in [-0.05, 0) is 42.9 Å². The van der Waals surface area contributed by atoms with Crippen LogP contribution in [0.1, 0.15) is 30.7 Å². The van der Waals surface area contributed by atoms with Crippen molar-refractivity contribution in [1.29, 1.82) is 0 Å². The van der Waals surface area contributed by atoms with Crippen LogP contribution in [-0.4, -0.2) is 11.1 Å². The SMILES string of the molecule is O=C(O)/C=C1\CCC(c2cccc(F)c2)C1. The van der Waals surface area contributed by atoms with Crippen LogP contribution in [-0.2, 0) is 4.79 Å². The molecular weight excluding hydrogens is 207 g/mol. The van der Waals surface area contributed by atoms with Crippen molar-refractivity contribution in [2.75, 3.05) is 0 Å². The maximum absolute atomic E-state index is 13.0. The first-order valence-corrected chi connectivity index (χ1v) is 5.33. The molecule has 0 aliphatic heterocycles. The summed E-state index contributed by atoms with van der Waals surface area (Å²) in [4.78, 5) is 10.5. The highest BCUT2D eigenvalue weighted by Crippen LogP contribution is 2.37. The van der Waals surface area contributed by atoms with Crippen LogP contribution < -0.4 is 0 Å². The zero-order valence-corrected chi connectivity index (χ0v) is 8.82. The van der Waals surface area contributed by atoms with Crippen LogP contribution in [0.4, 0.5) is 4.39 Å². The topological polar surface area (TPSA) is 37.3 Å². The number of benzene rings is 1. The molecule has 2 rings (SSSR count). The second kappa shape index (κ2) is 4.47. The Morgan fingerprint density at radius 1 is 1.50 bits per heavy atom. The van der Waals surface area contributed by atoms with Gasteiger partial charge in [-0.15, -0.1) is 0 Å². The average Bonchev–Trinajstić information content (AvgIpc) is 2.65. The van der Waals surface area contributed by atoms with Gasteiger partial charge >= 0.3 is 5.97 Å². The molecule has 1 unspecified atom stereocenters. The number of hydrogen-bond acceptors (Lipinski definition) is 1. The van der Waals surface area contributed by atoms with Gasteiger partial charge in [-0.3, -0.25) is 0 Å². The van der Waals surface area contributed by atoms with E-state index in [-0.39, 0.29) is 11.7 Å². The molecule has 16 heavy (non-hydrogen) atoms. The molecule has 0 aromatic heterocycles. The number of rotatable bonds is 2. The lowest BCUT2D eigenvalue weighted by molar-refractivity contribution is -0.131. The molecule has 0 saturated heterocycles. The Kier molecular flexibility index (Phi) is 3.04. The number of carbonyl (C=O) groups is 1. The van der Waals surface area contributed by atoms with Gasteiger partial charge in [0.15, 0.2) is 0 Å². The molecule has 0 amide bonds. The maximum atomic E-state index is 13.0. The minimum Gasteiger partial charge on any atom is -0.478 e. The van der Waals surface area contributed by atoms with Crippen LogP contribution in [0.3, 0.4) is 0 Å². The van der Waals surface area contributed by atoms with Crippen LogP contribution in [0.2, 0.25) is 0 Å². The van der Waals surface area contributed by atoms with E-state index in [0.717, 1.165) is 30.4 Å². The molecule has 0 spiro atoms. The Bertz CT molecular complexity index is 437. The summed E-state index contributed by atoms with van der Waals surface area (Å²) in [5.74, 6) is -0.857. The fourth-order valence-electron chi connectivity index (χ4n) is 2.23. The Hall–Kier alpha value is -1.64. The van der Waals surface area contributed by atoms with Gasteiger partial charge in [0.05, 0.1) is 0 Å². The average molecular weight is 220 g/mol. The van der Waals surface area contributed by atoms with Gasteiger partial charge in [-0.2, -0.15) is 0 Å². The van der Waals surface area contributed by atoms with E-state index in [0.29, 0.717) is 0 Å². The van der Waals surface area contributed by atoms with E-state index in [2.05, 4.69) is 0 Å². The Morgan fingerprint density at radius 3 is 3.00 bits per heavy atom. The van der Waals surface area contributed by atoms with Gasteiger partial charge < -0.3 is 5.11 Å². The monoisotopic (exact) mass is 220 g/mol. The lowest BCUT2D eigenvalue weighted by Crippen LogP contribution is -1.93. The quantitative estimate of drug-likeness (QED) is 0.777. The summed E-state index contributed by atoms with van der Waals surface area (Å²) >= 11 is 0. The second-order valence-corrected chi connectivity index (χ2v) is 4.14. The Labute approximate surface area is 93.4 Å². The van der Waals surface area contributed by atoms with Gasteiger partial charge in [-0.1, -0.05) is 17.7 Å². The highest BCUT2D eigenvalue weighted by molar-refractivity contribution is 5.80. The fraction of sp³-hybridized carbons (Fsp3) is 0.308. The third-order valence-corrected chi connectivity index (χ3v) is 2.97. The molecule has 1 aliphatic carbocycles. The van der Waals surface area contributed by atoms with Crippen molar-refractivity contribution in [2.45, 2.75) is 25.2 Å². The summed E-state index contributed by atoms with van der Waals surface area (Å²) in [6.45, 7) is 0. The molecule has 3 heteroatoms. The predicted octanol–water partition coefficient (Wildman–Crippen LogP) is 3.10. The van der Waals surface area contributed by atoms with E-state index in [4.69, 9.17) is 5.11 Å². The summed E-state index contributed by atoms with van der Waals surface area (Å²) in [5.41, 5.74) is 1.91. The van der Waals surface area contributed by atoms with Gasteiger partial charge in [0, 0.05) is 6.08 Å². The lowest BCUT2D eigenvalue weighted by atomic mass is 9.97. The minimum absolute atomic E-state index is 0.229. The first-order chi connectivity index (χ1) is 7.65. The largest absolute Gasteiger partial charge is 0.478 e. The van der Waals surface area contributed by atoms with Crippen molar-refractivity contribution in [3.05, 3.63) is 47.3 Å². The summed E-state index contributed by atoms with van der Waals surface area (Å²) in [6.07, 6.45) is 3.71. The van der Waals surface area contributed by atoms with Crippen LogP contribution in [0.5, 0.6) is 0 Å². The first-order valence-electron chi connectivity index (χ1n) is 5.33. The first kappa shape index (κ1) is 10.9. The van der Waals surface area contributed by atoms with E-state index in [1.54, 1.807) is 6.07 Å². The molecule has 1 aliphatic rings. The molecule has 0 bridgehead atoms. The Morgan fingerprint density at radius 2 is 2.31 bits per heavy atom. The molecule has 1 N–H and O–H groups in total. The summed E-state index contributed by atoms with van der Waals surface area (Å²) in [7, 11) is 0. The molecule has 0 radical (unpaired) electrons. The van der Waals surface area contributed by atoms with Gasteiger partial charge in [0.25, 0.3) is 0 Å². The smallest absolute Gasteiger partial charge is 0.328 e. The third-order valence-electron chi connectivity index (χ3n) is 2.97. The maximum Gasteiger partial charge on any atom is 0.328 e. The summed E-state index contributed by atoms with van der Waals surface area (Å²) in [6, 6.07) is 6.56. The standard InChI is InChI=1S/C13H13FO2/c14-12-3-1-2-10(8-12)11-5-4-9(6-11)7-13(15)16/h1-3,7-8,11H,4-6H2,(H,15,16)/b9-7+. The van der Waals surface area contributed by atoms with E-state index in [1.165, 1.54) is 18.2 Å². The summed E-state index contributed by atoms with van der Waals surface area (Å²) < 4.78 is 13.0. The molecule has 1 aromatic rings. The van der Waals surface area contributed by atoms with Crippen LogP contribution in [0, 0.1) is 5.82 Å². The van der Waals surface area contributed by atoms with Crippen molar-refractivity contribution >= 4 is 5.97 Å². The van der Waals surface area contributed by atoms with Crippen molar-refractivity contribution in [2.24, 2.45) is 0 Å². The van der Waals surface area contributed by atoms with Crippen molar-refractivity contribution in [3.8, 4) is 0 Å². The molecule has 1 fully saturated rings. The number of hydrogen-bond donors (Lipinski definition) is 1. The molecule has 2 nitrogen and oxygen atoms in total. The predicted molar refractivity (Wildman–Crippen MR) is 58.7 cm³/mol. The molecule has 1 aromatic carbocycles. The Balaban J connectivity index is 2.12. The number of halogens is 1. The number of aliphatic carboxylic acids is 1. The zero-order valence-electron chi connectivity index (χ0n) is 8.82. The minimum atomic E-state index is -0.894. The van der Waals surface area contributed by atoms with Crippen LogP contribution in [0.15, 0.2) is 35.9 Å². The van der Waals surface area contributed by atoms with E-state index >= 15 is 0 Å². The van der Waals surface area contributed by atoms with E-state index in [9.17, 15) is 9.18 Å². The van der Waals surface area contributed by atoms with E-state index in [1.807, 2.05) is 6.07 Å². The van der Waals surface area contributed by atoms with Crippen molar-refractivity contribution in [3.63, 3.8) is 0 Å². The third kappa shape index (κ3) is 2.48. The van der Waals surface area contributed by atoms with Crippen LogP contribution in [0.25, 0.3) is 0 Å². The van der Waals surface area contributed by atoms with Gasteiger partial charge in [0.1, 0.15) is 5.82 Å². The molecule has 1 saturated carbocycles. The van der Waals surface area contributed by atoms with Gasteiger partial charge in [-0.25, -0.2) is 9.18 Å². The lowest BCUT2D eigenvalue weighted by Gasteiger charge is -2.08. The van der Waals surface area contributed by atoms with Crippen molar-refractivity contribution in [1.82, 2.24) is 0 Å². The number of carboxylic acid groups (broad SMARTS) is 1. The normalized spacial score (nSPS) is 22.6. The van der Waals surface area contributed by atoms with E-state index < -0.39 is 5.97 Å². The van der Waals surface area contributed by atoms with Crippen LogP contribution >= 0.6 is 0 Å². The van der Waals surface area contributed by atoms with Gasteiger partial charge in [0.2, 0.25) is 0 Å². The molecular formula is C13H13FO2. The molecule has 1 atom stereocenters. The van der Waals surface area contributed by atoms with Crippen molar-refractivity contribution < 1.29 is 14.3 Å². The zero-order chi connectivity index (χ0) is 11.5. The molecule has 0 heterocycles. The number of allylic oxidation sites excluding steroid dienone is 1. The molecule has 84 valence electrons. The summed E-state index contributed by atoms with van der Waals surface area (Å²) in [5, 5.41) is 8.64.